The summed E-state index contributed by atoms with van der Waals surface area (Å²) in [5.41, 5.74) is -0.657. The Morgan fingerprint density at radius 1 is 1.25 bits per heavy atom. The maximum Gasteiger partial charge on any atom is 0.311 e. The molecule has 0 saturated heterocycles. The largest absolute Gasteiger partial charge is 0.481 e. The summed E-state index contributed by atoms with van der Waals surface area (Å²) in [6.45, 7) is 0.313. The number of carbonyl (C=O) groups excluding carboxylic acids is 1. The lowest BCUT2D eigenvalue weighted by molar-refractivity contribution is -0.154. The van der Waals surface area contributed by atoms with Crippen molar-refractivity contribution in [1.29, 1.82) is 0 Å². The van der Waals surface area contributed by atoms with Crippen LogP contribution in [-0.2, 0) is 9.59 Å². The van der Waals surface area contributed by atoms with Crippen LogP contribution in [0.15, 0.2) is 0 Å². The predicted octanol–water partition coefficient (Wildman–Crippen LogP) is 1.55. The smallest absolute Gasteiger partial charge is 0.311 e. The molecule has 1 amide bonds. The molecule has 4 heteroatoms. The fraction of sp³-hybridized carbons (Fsp3) is 0.833. The molecule has 2 aliphatic rings. The van der Waals surface area contributed by atoms with Gasteiger partial charge in [-0.25, -0.2) is 0 Å². The van der Waals surface area contributed by atoms with Crippen molar-refractivity contribution in [3.05, 3.63) is 0 Å². The van der Waals surface area contributed by atoms with Crippen molar-refractivity contribution in [2.75, 3.05) is 6.54 Å². The first kappa shape index (κ1) is 11.4. The second-order valence-corrected chi connectivity index (χ2v) is 5.22. The van der Waals surface area contributed by atoms with Crippen LogP contribution >= 0.6 is 0 Å². The van der Waals surface area contributed by atoms with E-state index in [1.807, 2.05) is 0 Å². The lowest BCUT2D eigenvalue weighted by Gasteiger charge is -2.37. The summed E-state index contributed by atoms with van der Waals surface area (Å²) in [5, 5.41) is 11.9. The van der Waals surface area contributed by atoms with Gasteiger partial charge in [0.2, 0.25) is 5.91 Å². The van der Waals surface area contributed by atoms with Crippen molar-refractivity contribution in [3.8, 4) is 0 Å². The summed E-state index contributed by atoms with van der Waals surface area (Å²) >= 11 is 0. The van der Waals surface area contributed by atoms with Crippen LogP contribution in [0.25, 0.3) is 0 Å². The standard InChI is InChI=1S/C12H19NO3/c14-10(7-9-3-1-4-9)13-8-12(11(15)16)5-2-6-12/h9H,1-8H2,(H,13,14)(H,15,16). The Kier molecular flexibility index (Phi) is 3.17. The third-order valence-electron chi connectivity index (χ3n) is 4.09. The summed E-state index contributed by atoms with van der Waals surface area (Å²) in [6, 6.07) is 0. The van der Waals surface area contributed by atoms with Crippen molar-refractivity contribution in [2.45, 2.75) is 44.9 Å². The van der Waals surface area contributed by atoms with Crippen molar-refractivity contribution in [1.82, 2.24) is 5.32 Å². The van der Waals surface area contributed by atoms with Gasteiger partial charge in [-0.3, -0.25) is 9.59 Å². The fourth-order valence-corrected chi connectivity index (χ4v) is 2.37. The molecule has 0 aromatic rings. The van der Waals surface area contributed by atoms with E-state index in [9.17, 15) is 9.59 Å². The molecule has 0 bridgehead atoms. The van der Waals surface area contributed by atoms with Crippen LogP contribution in [0.5, 0.6) is 0 Å². The van der Waals surface area contributed by atoms with Gasteiger partial charge in [-0.05, 0) is 31.6 Å². The van der Waals surface area contributed by atoms with E-state index in [1.54, 1.807) is 0 Å². The Morgan fingerprint density at radius 2 is 1.94 bits per heavy atom. The zero-order valence-corrected chi connectivity index (χ0v) is 9.50. The molecule has 2 fully saturated rings. The quantitative estimate of drug-likeness (QED) is 0.746. The average molecular weight is 225 g/mol. The zero-order chi connectivity index (χ0) is 11.6. The van der Waals surface area contributed by atoms with E-state index in [-0.39, 0.29) is 5.91 Å². The highest BCUT2D eigenvalue weighted by Gasteiger charge is 2.44. The predicted molar refractivity (Wildman–Crippen MR) is 58.9 cm³/mol. The van der Waals surface area contributed by atoms with Crippen LogP contribution in [0.2, 0.25) is 0 Å². The number of rotatable bonds is 5. The van der Waals surface area contributed by atoms with Crippen LogP contribution in [0.1, 0.15) is 44.9 Å². The van der Waals surface area contributed by atoms with Gasteiger partial charge in [0.15, 0.2) is 0 Å². The SMILES string of the molecule is O=C(CC1CCC1)NCC1(C(=O)O)CCC1. The Morgan fingerprint density at radius 3 is 2.31 bits per heavy atom. The van der Waals surface area contributed by atoms with Crippen LogP contribution < -0.4 is 5.32 Å². The van der Waals surface area contributed by atoms with Gasteiger partial charge in [-0.2, -0.15) is 0 Å². The minimum atomic E-state index is -0.761. The van der Waals surface area contributed by atoms with E-state index >= 15 is 0 Å². The van der Waals surface area contributed by atoms with Gasteiger partial charge in [-0.1, -0.05) is 12.8 Å². The van der Waals surface area contributed by atoms with Gasteiger partial charge in [0.25, 0.3) is 0 Å². The molecule has 0 aromatic heterocycles. The lowest BCUT2D eigenvalue weighted by atomic mass is 9.68. The van der Waals surface area contributed by atoms with Gasteiger partial charge in [0, 0.05) is 13.0 Å². The third-order valence-corrected chi connectivity index (χ3v) is 4.09. The molecule has 2 saturated carbocycles. The molecular weight excluding hydrogens is 206 g/mol. The molecule has 2 N–H and O–H groups in total. The van der Waals surface area contributed by atoms with Gasteiger partial charge in [-0.15, -0.1) is 0 Å². The van der Waals surface area contributed by atoms with E-state index in [2.05, 4.69) is 5.32 Å². The maximum absolute atomic E-state index is 11.6. The third kappa shape index (κ3) is 2.20. The highest BCUT2D eigenvalue weighted by atomic mass is 16.4. The highest BCUT2D eigenvalue weighted by molar-refractivity contribution is 5.79. The lowest BCUT2D eigenvalue weighted by Crippen LogP contribution is -2.47. The minimum Gasteiger partial charge on any atom is -0.481 e. The molecule has 0 heterocycles. The number of carboxylic acid groups (broad SMARTS) is 1. The van der Waals surface area contributed by atoms with E-state index in [0.29, 0.717) is 31.7 Å². The first-order chi connectivity index (χ1) is 7.62. The molecule has 0 atom stereocenters. The van der Waals surface area contributed by atoms with Crippen LogP contribution in [-0.4, -0.2) is 23.5 Å². The number of aliphatic carboxylic acids is 1. The van der Waals surface area contributed by atoms with Gasteiger partial charge >= 0.3 is 5.97 Å². The Bertz CT molecular complexity index is 293. The molecule has 4 nitrogen and oxygen atoms in total. The summed E-state index contributed by atoms with van der Waals surface area (Å²) in [7, 11) is 0. The van der Waals surface area contributed by atoms with Crippen LogP contribution in [0, 0.1) is 11.3 Å². The first-order valence-corrected chi connectivity index (χ1v) is 6.12. The topological polar surface area (TPSA) is 66.4 Å². The minimum absolute atomic E-state index is 0.0252. The van der Waals surface area contributed by atoms with Crippen LogP contribution in [0.3, 0.4) is 0 Å². The molecule has 0 aliphatic heterocycles. The summed E-state index contributed by atoms with van der Waals surface area (Å²) in [6.07, 6.45) is 6.48. The highest BCUT2D eigenvalue weighted by Crippen LogP contribution is 2.40. The van der Waals surface area contributed by atoms with E-state index in [4.69, 9.17) is 5.11 Å². The van der Waals surface area contributed by atoms with E-state index in [0.717, 1.165) is 19.3 Å². The molecule has 0 spiro atoms. The van der Waals surface area contributed by atoms with Gasteiger partial charge < -0.3 is 10.4 Å². The Hall–Kier alpha value is -1.06. The fourth-order valence-electron chi connectivity index (χ4n) is 2.37. The van der Waals surface area contributed by atoms with Crippen LogP contribution in [0.4, 0.5) is 0 Å². The molecule has 2 rings (SSSR count). The van der Waals surface area contributed by atoms with Crippen molar-refractivity contribution >= 4 is 11.9 Å². The number of carboxylic acids is 1. The summed E-state index contributed by atoms with van der Waals surface area (Å²) < 4.78 is 0. The monoisotopic (exact) mass is 225 g/mol. The molecule has 0 unspecified atom stereocenters. The van der Waals surface area contributed by atoms with Crippen molar-refractivity contribution in [2.24, 2.45) is 11.3 Å². The summed E-state index contributed by atoms with van der Waals surface area (Å²) in [4.78, 5) is 22.6. The first-order valence-electron chi connectivity index (χ1n) is 6.12. The molecule has 0 aromatic carbocycles. The van der Waals surface area contributed by atoms with Crippen molar-refractivity contribution in [3.63, 3.8) is 0 Å². The number of carbonyl (C=O) groups is 2. The number of amides is 1. The Labute approximate surface area is 95.4 Å². The second-order valence-electron chi connectivity index (χ2n) is 5.22. The molecule has 90 valence electrons. The normalized spacial score (nSPS) is 23.0. The summed E-state index contributed by atoms with van der Waals surface area (Å²) in [5.74, 6) is -0.193. The average Bonchev–Trinajstić information content (AvgIpc) is 2.09. The van der Waals surface area contributed by atoms with Gasteiger partial charge in [0.05, 0.1) is 5.41 Å². The molecule has 2 aliphatic carbocycles. The molecule has 16 heavy (non-hydrogen) atoms. The van der Waals surface area contributed by atoms with Crippen molar-refractivity contribution < 1.29 is 14.7 Å². The zero-order valence-electron chi connectivity index (χ0n) is 9.50. The van der Waals surface area contributed by atoms with Gasteiger partial charge in [0.1, 0.15) is 0 Å². The second kappa shape index (κ2) is 4.44. The molecular formula is C12H19NO3. The Balaban J connectivity index is 1.73. The molecule has 0 radical (unpaired) electrons. The van der Waals surface area contributed by atoms with E-state index < -0.39 is 11.4 Å². The number of nitrogens with one attached hydrogen (secondary N) is 1. The number of hydrogen-bond donors (Lipinski definition) is 2. The number of hydrogen-bond acceptors (Lipinski definition) is 2. The maximum atomic E-state index is 11.6. The van der Waals surface area contributed by atoms with E-state index in [1.165, 1.54) is 6.42 Å².